The first kappa shape index (κ1) is 13.3. The standard InChI is InChI=1S/C15H18N2O2/c1-3-9-15(2,14(18)19)17-13-8-10-16-12-7-5-4-6-11(12)13/h4-8,10H,3,9H2,1-2H3,(H,16,17)(H,18,19). The van der Waals surface area contributed by atoms with E-state index in [0.29, 0.717) is 6.42 Å². The molecule has 0 bridgehead atoms. The van der Waals surface area contributed by atoms with E-state index in [-0.39, 0.29) is 0 Å². The smallest absolute Gasteiger partial charge is 0.329 e. The van der Waals surface area contributed by atoms with Gasteiger partial charge in [0.15, 0.2) is 0 Å². The van der Waals surface area contributed by atoms with Gasteiger partial charge in [-0.3, -0.25) is 4.98 Å². The first-order valence-electron chi connectivity index (χ1n) is 6.42. The van der Waals surface area contributed by atoms with Gasteiger partial charge < -0.3 is 10.4 Å². The quantitative estimate of drug-likeness (QED) is 0.863. The molecule has 2 N–H and O–H groups in total. The molecule has 100 valence electrons. The van der Waals surface area contributed by atoms with Crippen LogP contribution in [0.3, 0.4) is 0 Å². The number of nitrogens with zero attached hydrogens (tertiary/aromatic N) is 1. The third-order valence-corrected chi connectivity index (χ3v) is 3.28. The highest BCUT2D eigenvalue weighted by Crippen LogP contribution is 2.26. The monoisotopic (exact) mass is 258 g/mol. The fraction of sp³-hybridized carbons (Fsp3) is 0.333. The van der Waals surface area contributed by atoms with Crippen molar-refractivity contribution in [2.45, 2.75) is 32.2 Å². The third kappa shape index (κ3) is 2.67. The van der Waals surface area contributed by atoms with Gasteiger partial charge in [0.05, 0.1) is 5.52 Å². The molecule has 1 atom stereocenters. The number of benzene rings is 1. The Kier molecular flexibility index (Phi) is 3.69. The van der Waals surface area contributed by atoms with E-state index < -0.39 is 11.5 Å². The summed E-state index contributed by atoms with van der Waals surface area (Å²) in [5, 5.41) is 13.5. The molecule has 19 heavy (non-hydrogen) atoms. The number of carbonyl (C=O) groups is 1. The molecule has 2 rings (SSSR count). The van der Waals surface area contributed by atoms with Crippen LogP contribution >= 0.6 is 0 Å². The summed E-state index contributed by atoms with van der Waals surface area (Å²) in [6, 6.07) is 9.52. The van der Waals surface area contributed by atoms with Crippen molar-refractivity contribution in [3.8, 4) is 0 Å². The van der Waals surface area contributed by atoms with Gasteiger partial charge in [-0.25, -0.2) is 4.79 Å². The van der Waals surface area contributed by atoms with E-state index in [1.54, 1.807) is 13.1 Å². The molecule has 0 aliphatic heterocycles. The number of hydrogen-bond acceptors (Lipinski definition) is 3. The lowest BCUT2D eigenvalue weighted by atomic mass is 9.95. The van der Waals surface area contributed by atoms with E-state index in [0.717, 1.165) is 23.0 Å². The third-order valence-electron chi connectivity index (χ3n) is 3.28. The van der Waals surface area contributed by atoms with E-state index in [1.165, 1.54) is 0 Å². The predicted octanol–water partition coefficient (Wildman–Crippen LogP) is 3.29. The molecule has 0 saturated heterocycles. The zero-order valence-corrected chi connectivity index (χ0v) is 11.2. The Morgan fingerprint density at radius 1 is 1.37 bits per heavy atom. The minimum atomic E-state index is -0.959. The van der Waals surface area contributed by atoms with Crippen LogP contribution in [0.15, 0.2) is 36.5 Å². The normalized spacial score (nSPS) is 14.0. The van der Waals surface area contributed by atoms with Crippen molar-refractivity contribution >= 4 is 22.6 Å². The second-order valence-electron chi connectivity index (χ2n) is 4.89. The molecule has 0 amide bonds. The van der Waals surface area contributed by atoms with Gasteiger partial charge in [0.1, 0.15) is 5.54 Å². The molecule has 0 fully saturated rings. The summed E-state index contributed by atoms with van der Waals surface area (Å²) in [7, 11) is 0. The number of para-hydroxylation sites is 1. The summed E-state index contributed by atoms with van der Waals surface area (Å²) >= 11 is 0. The topological polar surface area (TPSA) is 62.2 Å². The molecule has 0 aliphatic rings. The first-order valence-corrected chi connectivity index (χ1v) is 6.42. The van der Waals surface area contributed by atoms with Crippen molar-refractivity contribution in [2.24, 2.45) is 0 Å². The van der Waals surface area contributed by atoms with E-state index in [2.05, 4.69) is 10.3 Å². The molecule has 0 aliphatic carbocycles. The number of pyridine rings is 1. The summed E-state index contributed by atoms with van der Waals surface area (Å²) in [6.07, 6.45) is 3.07. The van der Waals surface area contributed by atoms with Crippen LogP contribution < -0.4 is 5.32 Å². The molecule has 1 unspecified atom stereocenters. The Balaban J connectivity index is 2.42. The molecule has 0 spiro atoms. The van der Waals surface area contributed by atoms with Crippen LogP contribution in [0.2, 0.25) is 0 Å². The van der Waals surface area contributed by atoms with Crippen molar-refractivity contribution in [3.63, 3.8) is 0 Å². The molecule has 4 heteroatoms. The van der Waals surface area contributed by atoms with Crippen molar-refractivity contribution in [3.05, 3.63) is 36.5 Å². The van der Waals surface area contributed by atoms with Gasteiger partial charge in [0.2, 0.25) is 0 Å². The van der Waals surface area contributed by atoms with Crippen LogP contribution in [-0.4, -0.2) is 21.6 Å². The van der Waals surface area contributed by atoms with Gasteiger partial charge in [-0.2, -0.15) is 0 Å². The van der Waals surface area contributed by atoms with E-state index in [1.807, 2.05) is 37.3 Å². The van der Waals surface area contributed by atoms with Crippen LogP contribution in [0.1, 0.15) is 26.7 Å². The number of anilines is 1. The maximum Gasteiger partial charge on any atom is 0.329 e. The molecule has 1 heterocycles. The summed E-state index contributed by atoms with van der Waals surface area (Å²) in [5.74, 6) is -0.838. The van der Waals surface area contributed by atoms with Gasteiger partial charge in [0, 0.05) is 17.3 Å². The minimum Gasteiger partial charge on any atom is -0.480 e. The van der Waals surface area contributed by atoms with Crippen molar-refractivity contribution in [2.75, 3.05) is 5.32 Å². The predicted molar refractivity (Wildman–Crippen MR) is 76.3 cm³/mol. The Hall–Kier alpha value is -2.10. The average molecular weight is 258 g/mol. The van der Waals surface area contributed by atoms with E-state index in [9.17, 15) is 9.90 Å². The lowest BCUT2D eigenvalue weighted by Gasteiger charge is -2.27. The van der Waals surface area contributed by atoms with E-state index in [4.69, 9.17) is 0 Å². The van der Waals surface area contributed by atoms with E-state index >= 15 is 0 Å². The lowest BCUT2D eigenvalue weighted by molar-refractivity contribution is -0.141. The van der Waals surface area contributed by atoms with Crippen LogP contribution in [0, 0.1) is 0 Å². The molecule has 0 radical (unpaired) electrons. The van der Waals surface area contributed by atoms with Crippen molar-refractivity contribution in [1.82, 2.24) is 4.98 Å². The number of carboxylic acid groups (broad SMARTS) is 1. The lowest BCUT2D eigenvalue weighted by Crippen LogP contribution is -2.43. The Morgan fingerprint density at radius 2 is 2.11 bits per heavy atom. The molecule has 2 aromatic rings. The van der Waals surface area contributed by atoms with Gasteiger partial charge in [-0.05, 0) is 25.5 Å². The highest BCUT2D eigenvalue weighted by molar-refractivity contribution is 5.93. The summed E-state index contributed by atoms with van der Waals surface area (Å²) in [6.45, 7) is 3.70. The maximum absolute atomic E-state index is 11.5. The number of nitrogens with one attached hydrogen (secondary N) is 1. The highest BCUT2D eigenvalue weighted by atomic mass is 16.4. The second-order valence-corrected chi connectivity index (χ2v) is 4.89. The number of hydrogen-bond donors (Lipinski definition) is 2. The summed E-state index contributed by atoms with van der Waals surface area (Å²) in [4.78, 5) is 15.7. The fourth-order valence-corrected chi connectivity index (χ4v) is 2.22. The molecule has 1 aromatic heterocycles. The molecule has 0 saturated carbocycles. The molecule has 4 nitrogen and oxygen atoms in total. The maximum atomic E-state index is 11.5. The van der Waals surface area contributed by atoms with Gasteiger partial charge >= 0.3 is 5.97 Å². The van der Waals surface area contributed by atoms with Gasteiger partial charge in [-0.15, -0.1) is 0 Å². The largest absolute Gasteiger partial charge is 0.480 e. The molecular formula is C15H18N2O2. The van der Waals surface area contributed by atoms with Crippen LogP contribution in [0.5, 0.6) is 0 Å². The zero-order chi connectivity index (χ0) is 13.9. The number of aromatic nitrogens is 1. The summed E-state index contributed by atoms with van der Waals surface area (Å²) in [5.41, 5.74) is 0.708. The minimum absolute atomic E-state index is 0.568. The number of fused-ring (bicyclic) bond motifs is 1. The molecular weight excluding hydrogens is 240 g/mol. The van der Waals surface area contributed by atoms with Gasteiger partial charge in [-0.1, -0.05) is 31.5 Å². The molecule has 1 aromatic carbocycles. The van der Waals surface area contributed by atoms with Crippen LogP contribution in [-0.2, 0) is 4.79 Å². The van der Waals surface area contributed by atoms with Crippen LogP contribution in [0.4, 0.5) is 5.69 Å². The SMILES string of the molecule is CCCC(C)(Nc1ccnc2ccccc12)C(=O)O. The van der Waals surface area contributed by atoms with Gasteiger partial charge in [0.25, 0.3) is 0 Å². The summed E-state index contributed by atoms with van der Waals surface area (Å²) < 4.78 is 0. The van der Waals surface area contributed by atoms with Crippen molar-refractivity contribution < 1.29 is 9.90 Å². The Labute approximate surface area is 112 Å². The highest BCUT2D eigenvalue weighted by Gasteiger charge is 2.32. The fourth-order valence-electron chi connectivity index (χ4n) is 2.22. The number of carboxylic acids is 1. The van der Waals surface area contributed by atoms with Crippen molar-refractivity contribution in [1.29, 1.82) is 0 Å². The second kappa shape index (κ2) is 5.26. The number of aliphatic carboxylic acids is 1. The Morgan fingerprint density at radius 3 is 2.79 bits per heavy atom. The Bertz CT molecular complexity index is 592. The first-order chi connectivity index (χ1) is 9.07. The average Bonchev–Trinajstić information content (AvgIpc) is 2.39. The number of rotatable bonds is 5. The zero-order valence-electron chi connectivity index (χ0n) is 11.2. The van der Waals surface area contributed by atoms with Crippen LogP contribution in [0.25, 0.3) is 10.9 Å².